The molecule has 5 heterocycles. The van der Waals surface area contributed by atoms with Crippen molar-refractivity contribution in [3.05, 3.63) is 35.9 Å². The summed E-state index contributed by atoms with van der Waals surface area (Å²) in [5, 5.41) is 0. The normalized spacial score (nSPS) is 20.0. The van der Waals surface area contributed by atoms with Crippen LogP contribution in [0.5, 0.6) is 5.88 Å². The summed E-state index contributed by atoms with van der Waals surface area (Å²) < 4.78 is 55.4. The lowest BCUT2D eigenvalue weighted by Crippen LogP contribution is -2.57. The van der Waals surface area contributed by atoms with Crippen LogP contribution in [0.4, 0.5) is 23.8 Å². The highest BCUT2D eigenvalue weighted by Crippen LogP contribution is 2.41. The maximum Gasteiger partial charge on any atom is 0.419 e. The van der Waals surface area contributed by atoms with Crippen molar-refractivity contribution in [2.45, 2.75) is 64.4 Å². The van der Waals surface area contributed by atoms with Crippen LogP contribution in [0.25, 0.3) is 16.9 Å². The standard InChI is InChI=1S/C25H29F3N6O3/c1-14-10-32-13-19(31-22(36-5)21(32)30-14)15-8-18(25(26,27)28)20(29-9-15)33-11-16-6-7-17(12-33)34(16)23(35)37-24(2,3)4/h8-10,13,16-17H,6-7,11-12H2,1-5H3. The zero-order valence-corrected chi connectivity index (χ0v) is 21.3. The van der Waals surface area contributed by atoms with Crippen LogP contribution < -0.4 is 9.64 Å². The van der Waals surface area contributed by atoms with Gasteiger partial charge in [-0.25, -0.2) is 19.7 Å². The third-order valence-corrected chi connectivity index (χ3v) is 6.57. The molecule has 2 saturated heterocycles. The molecule has 0 aromatic carbocycles. The first-order valence-electron chi connectivity index (χ1n) is 12.1. The summed E-state index contributed by atoms with van der Waals surface area (Å²) in [5.74, 6) is 0.0570. The maximum atomic E-state index is 14.3. The third-order valence-electron chi connectivity index (χ3n) is 6.57. The fourth-order valence-corrected chi connectivity index (χ4v) is 5.12. The van der Waals surface area contributed by atoms with Crippen LogP contribution >= 0.6 is 0 Å². The van der Waals surface area contributed by atoms with Crippen LogP contribution in [0.2, 0.25) is 0 Å². The number of halogens is 3. The molecule has 0 aliphatic carbocycles. The van der Waals surface area contributed by atoms with Gasteiger partial charge in [-0.2, -0.15) is 13.2 Å². The second-order valence-electron chi connectivity index (χ2n) is 10.5. The number of methoxy groups -OCH3 is 1. The molecule has 5 rings (SSSR count). The summed E-state index contributed by atoms with van der Waals surface area (Å²) in [7, 11) is 1.43. The fourth-order valence-electron chi connectivity index (χ4n) is 5.12. The zero-order chi connectivity index (χ0) is 26.7. The average molecular weight is 519 g/mol. The molecular formula is C25H29F3N6O3. The number of carbonyl (C=O) groups is 1. The van der Waals surface area contributed by atoms with Crippen molar-refractivity contribution in [1.29, 1.82) is 0 Å². The molecule has 3 aromatic heterocycles. The highest BCUT2D eigenvalue weighted by atomic mass is 19.4. The number of hydrogen-bond donors (Lipinski definition) is 0. The molecule has 2 atom stereocenters. The smallest absolute Gasteiger partial charge is 0.419 e. The fraction of sp³-hybridized carbons (Fsp3) is 0.520. The number of fused-ring (bicyclic) bond motifs is 3. The Morgan fingerprint density at radius 1 is 1.08 bits per heavy atom. The average Bonchev–Trinajstić information content (AvgIpc) is 3.31. The maximum absolute atomic E-state index is 14.3. The van der Waals surface area contributed by atoms with E-state index in [0.717, 1.165) is 11.8 Å². The van der Waals surface area contributed by atoms with E-state index < -0.39 is 23.4 Å². The minimum absolute atomic E-state index is 0.150. The van der Waals surface area contributed by atoms with E-state index in [0.29, 0.717) is 18.5 Å². The van der Waals surface area contributed by atoms with Crippen molar-refractivity contribution in [2.24, 2.45) is 0 Å². The van der Waals surface area contributed by atoms with Gasteiger partial charge in [0.1, 0.15) is 11.4 Å². The summed E-state index contributed by atoms with van der Waals surface area (Å²) >= 11 is 0. The van der Waals surface area contributed by atoms with Crippen molar-refractivity contribution in [3.8, 4) is 17.1 Å². The van der Waals surface area contributed by atoms with E-state index >= 15 is 0 Å². The first-order chi connectivity index (χ1) is 17.3. The van der Waals surface area contributed by atoms with Crippen molar-refractivity contribution in [3.63, 3.8) is 0 Å². The molecule has 2 fully saturated rings. The lowest BCUT2D eigenvalue weighted by atomic mass is 10.1. The van der Waals surface area contributed by atoms with Gasteiger partial charge in [0.2, 0.25) is 5.65 Å². The molecule has 2 bridgehead atoms. The Morgan fingerprint density at radius 2 is 1.76 bits per heavy atom. The molecule has 0 spiro atoms. The number of rotatable bonds is 3. The molecule has 2 unspecified atom stereocenters. The molecule has 9 nitrogen and oxygen atoms in total. The van der Waals surface area contributed by atoms with Crippen LogP contribution in [-0.2, 0) is 10.9 Å². The van der Waals surface area contributed by atoms with E-state index in [2.05, 4.69) is 15.0 Å². The Labute approximate surface area is 212 Å². The van der Waals surface area contributed by atoms with Crippen molar-refractivity contribution >= 4 is 17.6 Å². The Hall–Kier alpha value is -3.57. The van der Waals surface area contributed by atoms with Crippen LogP contribution in [0.15, 0.2) is 24.7 Å². The van der Waals surface area contributed by atoms with Crippen molar-refractivity contribution < 1.29 is 27.4 Å². The minimum Gasteiger partial charge on any atom is -0.478 e. The lowest BCUT2D eigenvalue weighted by molar-refractivity contribution is -0.137. The summed E-state index contributed by atoms with van der Waals surface area (Å²) in [6.07, 6.45) is 1.08. The van der Waals surface area contributed by atoms with E-state index in [1.54, 1.807) is 54.3 Å². The van der Waals surface area contributed by atoms with Gasteiger partial charge in [-0.1, -0.05) is 0 Å². The molecule has 0 saturated carbocycles. The predicted octanol–water partition coefficient (Wildman–Crippen LogP) is 4.72. The second kappa shape index (κ2) is 8.77. The molecular weight excluding hydrogens is 489 g/mol. The molecule has 12 heteroatoms. The van der Waals surface area contributed by atoms with Crippen LogP contribution in [0, 0.1) is 6.92 Å². The van der Waals surface area contributed by atoms with Crippen molar-refractivity contribution in [1.82, 2.24) is 24.3 Å². The van der Waals surface area contributed by atoms with E-state index in [-0.39, 0.29) is 48.1 Å². The number of hydrogen-bond acceptors (Lipinski definition) is 7. The molecule has 198 valence electrons. The summed E-state index contributed by atoms with van der Waals surface area (Å²) in [6.45, 7) is 7.68. The number of imidazole rings is 1. The predicted molar refractivity (Wildman–Crippen MR) is 130 cm³/mol. The monoisotopic (exact) mass is 518 g/mol. The minimum atomic E-state index is -4.64. The Bertz CT molecular complexity index is 1340. The van der Waals surface area contributed by atoms with E-state index in [1.165, 1.54) is 13.3 Å². The molecule has 3 aromatic rings. The highest BCUT2D eigenvalue weighted by Gasteiger charge is 2.46. The van der Waals surface area contributed by atoms with Gasteiger partial charge in [0.05, 0.1) is 36.1 Å². The van der Waals surface area contributed by atoms with Gasteiger partial charge in [-0.15, -0.1) is 0 Å². The number of aryl methyl sites for hydroxylation is 1. The van der Waals surface area contributed by atoms with Crippen LogP contribution in [-0.4, -0.2) is 68.2 Å². The molecule has 0 N–H and O–H groups in total. The van der Waals surface area contributed by atoms with Crippen LogP contribution in [0.3, 0.4) is 0 Å². The quantitative estimate of drug-likeness (QED) is 0.496. The molecule has 2 aliphatic rings. The van der Waals surface area contributed by atoms with Crippen LogP contribution in [0.1, 0.15) is 44.9 Å². The first kappa shape index (κ1) is 25.1. The van der Waals surface area contributed by atoms with Gasteiger partial charge in [0.15, 0.2) is 0 Å². The summed E-state index contributed by atoms with van der Waals surface area (Å²) in [6, 6.07) is 0.588. The lowest BCUT2D eigenvalue weighted by Gasteiger charge is -2.42. The highest BCUT2D eigenvalue weighted by molar-refractivity contribution is 5.71. The summed E-state index contributed by atoms with van der Waals surface area (Å²) in [4.78, 5) is 29.1. The van der Waals surface area contributed by atoms with Gasteiger partial charge >= 0.3 is 12.3 Å². The van der Waals surface area contributed by atoms with Gasteiger partial charge in [0.25, 0.3) is 5.88 Å². The number of amides is 1. The SMILES string of the molecule is COc1nc(-c2cnc(N3CC4CCC(C3)N4C(=O)OC(C)(C)C)c(C(F)(F)F)c2)cn2cc(C)nc12. The number of alkyl halides is 3. The number of aromatic nitrogens is 4. The molecule has 0 radical (unpaired) electrons. The number of nitrogens with zero attached hydrogens (tertiary/aromatic N) is 6. The van der Waals surface area contributed by atoms with E-state index in [9.17, 15) is 18.0 Å². The summed E-state index contributed by atoms with van der Waals surface area (Å²) in [5.41, 5.74) is 0.186. The van der Waals surface area contributed by atoms with Crippen molar-refractivity contribution in [2.75, 3.05) is 25.1 Å². The first-order valence-corrected chi connectivity index (χ1v) is 12.1. The topological polar surface area (TPSA) is 85.1 Å². The Kier molecular flexibility index (Phi) is 5.95. The van der Waals surface area contributed by atoms with Gasteiger partial charge in [-0.3, -0.25) is 4.90 Å². The molecule has 1 amide bonds. The van der Waals surface area contributed by atoms with Gasteiger partial charge in [-0.05, 0) is 46.6 Å². The number of pyridine rings is 1. The van der Waals surface area contributed by atoms with Gasteiger partial charge in [0, 0.05) is 37.2 Å². The second-order valence-corrected chi connectivity index (χ2v) is 10.5. The third kappa shape index (κ3) is 4.76. The number of anilines is 1. The Balaban J connectivity index is 1.48. The van der Waals surface area contributed by atoms with E-state index in [4.69, 9.17) is 9.47 Å². The largest absolute Gasteiger partial charge is 0.478 e. The molecule has 2 aliphatic heterocycles. The number of ether oxygens (including phenoxy) is 2. The zero-order valence-electron chi connectivity index (χ0n) is 21.3. The number of carbonyl (C=O) groups excluding carboxylic acids is 1. The Morgan fingerprint density at radius 3 is 2.35 bits per heavy atom. The molecule has 37 heavy (non-hydrogen) atoms. The number of piperazine rings is 1. The van der Waals surface area contributed by atoms with E-state index in [1.807, 2.05) is 0 Å². The van der Waals surface area contributed by atoms with Gasteiger partial charge < -0.3 is 18.8 Å².